The molecule has 1 N–H and O–H groups in total. The number of carboxylic acid groups (broad SMARTS) is 1. The minimum absolute atomic E-state index is 0.0726. The first-order valence-corrected chi connectivity index (χ1v) is 8.59. The average molecular weight is 325 g/mol. The molecule has 1 aliphatic rings. The van der Waals surface area contributed by atoms with Crippen molar-refractivity contribution in [3.8, 4) is 0 Å². The van der Waals surface area contributed by atoms with Crippen LogP contribution in [0.3, 0.4) is 0 Å². The van der Waals surface area contributed by atoms with Gasteiger partial charge < -0.3 is 14.7 Å². The molecule has 1 aliphatic carbocycles. The number of hydrogen-bond donors (Lipinski definition) is 1. The van der Waals surface area contributed by atoms with Crippen LogP contribution in [0, 0.1) is 0 Å². The molecule has 0 radical (unpaired) electrons. The van der Waals surface area contributed by atoms with Gasteiger partial charge in [-0.3, -0.25) is 4.79 Å². The minimum Gasteiger partial charge on any atom is -0.481 e. The van der Waals surface area contributed by atoms with E-state index in [1.165, 1.54) is 12.0 Å². The number of carbonyl (C=O) groups is 2. The Bertz CT molecular complexity index is 553. The zero-order chi connectivity index (χ0) is 16.1. The lowest BCUT2D eigenvalue weighted by Gasteiger charge is -2.23. The lowest BCUT2D eigenvalue weighted by atomic mass is 9.95. The molecule has 1 aromatic heterocycles. The Morgan fingerprint density at radius 3 is 2.64 bits per heavy atom. The van der Waals surface area contributed by atoms with Crippen molar-refractivity contribution in [3.05, 3.63) is 16.0 Å². The van der Waals surface area contributed by atoms with Crippen LogP contribution in [0.4, 0.5) is 5.00 Å². The lowest BCUT2D eigenvalue weighted by Crippen LogP contribution is -2.28. The Morgan fingerprint density at radius 1 is 1.27 bits per heavy atom. The molecule has 1 heterocycles. The van der Waals surface area contributed by atoms with Gasteiger partial charge in [0.05, 0.1) is 19.1 Å². The predicted octanol–water partition coefficient (Wildman–Crippen LogP) is 3.10. The number of hydrogen-bond acceptors (Lipinski definition) is 5. The fraction of sp³-hybridized carbons (Fsp3) is 0.625. The molecule has 0 saturated carbocycles. The average Bonchev–Trinajstić information content (AvgIpc) is 2.89. The van der Waals surface area contributed by atoms with Crippen molar-refractivity contribution in [2.45, 2.75) is 45.4 Å². The SMILES string of the molecule is CCCN(CCC(=O)O)c1sc2c(c1C(=O)OC)CCCC2. The zero-order valence-corrected chi connectivity index (χ0v) is 14.0. The lowest BCUT2D eigenvalue weighted by molar-refractivity contribution is -0.136. The van der Waals surface area contributed by atoms with Gasteiger partial charge in [0.1, 0.15) is 5.00 Å². The fourth-order valence-corrected chi connectivity index (χ4v) is 4.33. The maximum atomic E-state index is 12.3. The van der Waals surface area contributed by atoms with Crippen molar-refractivity contribution in [2.75, 3.05) is 25.1 Å². The molecule has 0 aliphatic heterocycles. The summed E-state index contributed by atoms with van der Waals surface area (Å²) in [5, 5.41) is 9.84. The summed E-state index contributed by atoms with van der Waals surface area (Å²) in [6.45, 7) is 3.22. The summed E-state index contributed by atoms with van der Waals surface area (Å²) in [5.41, 5.74) is 1.79. The van der Waals surface area contributed by atoms with Gasteiger partial charge in [-0.15, -0.1) is 11.3 Å². The topological polar surface area (TPSA) is 66.8 Å². The van der Waals surface area contributed by atoms with Crippen LogP contribution >= 0.6 is 11.3 Å². The highest BCUT2D eigenvalue weighted by atomic mass is 32.1. The van der Waals surface area contributed by atoms with Crippen LogP contribution in [0.5, 0.6) is 0 Å². The number of thiophene rings is 1. The van der Waals surface area contributed by atoms with E-state index < -0.39 is 5.97 Å². The van der Waals surface area contributed by atoms with Crippen LogP contribution in [-0.2, 0) is 22.4 Å². The van der Waals surface area contributed by atoms with Crippen molar-refractivity contribution in [1.29, 1.82) is 0 Å². The van der Waals surface area contributed by atoms with E-state index in [9.17, 15) is 9.59 Å². The molecule has 0 spiro atoms. The fourth-order valence-electron chi connectivity index (χ4n) is 2.90. The summed E-state index contributed by atoms with van der Waals surface area (Å²) < 4.78 is 4.98. The van der Waals surface area contributed by atoms with Gasteiger partial charge in [-0.25, -0.2) is 4.79 Å². The maximum Gasteiger partial charge on any atom is 0.341 e. The van der Waals surface area contributed by atoms with E-state index in [4.69, 9.17) is 9.84 Å². The number of ether oxygens (including phenoxy) is 1. The second kappa shape index (κ2) is 7.63. The number of carboxylic acids is 1. The van der Waals surface area contributed by atoms with Crippen molar-refractivity contribution < 1.29 is 19.4 Å². The molecule has 0 saturated heterocycles. The van der Waals surface area contributed by atoms with E-state index in [0.717, 1.165) is 49.2 Å². The summed E-state index contributed by atoms with van der Waals surface area (Å²) in [5.74, 6) is -1.12. The number of esters is 1. The van der Waals surface area contributed by atoms with Gasteiger partial charge in [-0.05, 0) is 37.7 Å². The van der Waals surface area contributed by atoms with E-state index in [-0.39, 0.29) is 12.4 Å². The molecular weight excluding hydrogens is 302 g/mol. The number of fused-ring (bicyclic) bond motifs is 1. The first-order valence-electron chi connectivity index (χ1n) is 7.78. The van der Waals surface area contributed by atoms with E-state index in [2.05, 4.69) is 6.92 Å². The molecular formula is C16H23NO4S. The number of rotatable bonds is 7. The molecule has 5 nitrogen and oxygen atoms in total. The summed E-state index contributed by atoms with van der Waals surface area (Å²) in [7, 11) is 1.40. The van der Waals surface area contributed by atoms with Gasteiger partial charge in [-0.1, -0.05) is 6.92 Å². The number of aryl methyl sites for hydroxylation is 1. The van der Waals surface area contributed by atoms with Crippen LogP contribution in [-0.4, -0.2) is 37.2 Å². The van der Waals surface area contributed by atoms with Crippen molar-refractivity contribution in [3.63, 3.8) is 0 Å². The van der Waals surface area contributed by atoms with E-state index >= 15 is 0 Å². The van der Waals surface area contributed by atoms with Gasteiger partial charge in [-0.2, -0.15) is 0 Å². The first-order chi connectivity index (χ1) is 10.6. The molecule has 0 unspecified atom stereocenters. The second-order valence-electron chi connectivity index (χ2n) is 5.51. The Kier molecular flexibility index (Phi) is 5.83. The van der Waals surface area contributed by atoms with Crippen LogP contribution in [0.25, 0.3) is 0 Å². The van der Waals surface area contributed by atoms with E-state index in [1.807, 2.05) is 4.90 Å². The van der Waals surface area contributed by atoms with Gasteiger partial charge in [0, 0.05) is 18.0 Å². The Labute approximate surface area is 134 Å². The third-order valence-electron chi connectivity index (χ3n) is 3.92. The molecule has 0 atom stereocenters. The van der Waals surface area contributed by atoms with Crippen molar-refractivity contribution >= 4 is 28.3 Å². The smallest absolute Gasteiger partial charge is 0.341 e. The van der Waals surface area contributed by atoms with Crippen LogP contribution in [0.15, 0.2) is 0 Å². The number of anilines is 1. The quantitative estimate of drug-likeness (QED) is 0.780. The third kappa shape index (κ3) is 3.61. The number of aliphatic carboxylic acids is 1. The number of nitrogens with zero attached hydrogens (tertiary/aromatic N) is 1. The minimum atomic E-state index is -0.818. The summed E-state index contributed by atoms with van der Waals surface area (Å²) in [6, 6.07) is 0. The van der Waals surface area contributed by atoms with Crippen molar-refractivity contribution in [2.24, 2.45) is 0 Å². The van der Waals surface area contributed by atoms with Gasteiger partial charge >= 0.3 is 11.9 Å². The summed E-state index contributed by atoms with van der Waals surface area (Å²) >= 11 is 1.64. The van der Waals surface area contributed by atoms with E-state index in [0.29, 0.717) is 12.1 Å². The van der Waals surface area contributed by atoms with E-state index in [1.54, 1.807) is 11.3 Å². The zero-order valence-electron chi connectivity index (χ0n) is 13.2. The highest BCUT2D eigenvalue weighted by Gasteiger charge is 2.28. The normalized spacial score (nSPS) is 13.5. The standard InChI is InChI=1S/C16H23NO4S/c1-3-9-17(10-8-13(18)19)15-14(16(20)21-2)11-6-4-5-7-12(11)22-15/h3-10H2,1-2H3,(H,18,19). The second-order valence-corrected chi connectivity index (χ2v) is 6.60. The van der Waals surface area contributed by atoms with Gasteiger partial charge in [0.25, 0.3) is 0 Å². The number of methoxy groups -OCH3 is 1. The molecule has 0 amide bonds. The van der Waals surface area contributed by atoms with Gasteiger partial charge in [0.2, 0.25) is 0 Å². The highest BCUT2D eigenvalue weighted by Crippen LogP contribution is 2.40. The van der Waals surface area contributed by atoms with Crippen LogP contribution in [0.1, 0.15) is 53.4 Å². The maximum absolute atomic E-state index is 12.3. The third-order valence-corrected chi connectivity index (χ3v) is 5.27. The molecule has 0 aromatic carbocycles. The molecule has 122 valence electrons. The molecule has 2 rings (SSSR count). The first kappa shape index (κ1) is 16.8. The summed E-state index contributed by atoms with van der Waals surface area (Å²) in [4.78, 5) is 26.4. The Balaban J connectivity index is 2.39. The van der Waals surface area contributed by atoms with Gasteiger partial charge in [0.15, 0.2) is 0 Å². The predicted molar refractivity (Wildman–Crippen MR) is 87.1 cm³/mol. The Morgan fingerprint density at radius 2 is 2.00 bits per heavy atom. The monoisotopic (exact) mass is 325 g/mol. The molecule has 1 aromatic rings. The molecule has 22 heavy (non-hydrogen) atoms. The van der Waals surface area contributed by atoms with Crippen molar-refractivity contribution in [1.82, 2.24) is 0 Å². The number of carbonyl (C=O) groups excluding carboxylic acids is 1. The molecule has 0 bridgehead atoms. The molecule has 6 heteroatoms. The molecule has 0 fully saturated rings. The summed E-state index contributed by atoms with van der Waals surface area (Å²) in [6.07, 6.45) is 5.14. The van der Waals surface area contributed by atoms with Crippen LogP contribution in [0.2, 0.25) is 0 Å². The highest BCUT2D eigenvalue weighted by molar-refractivity contribution is 7.16. The van der Waals surface area contributed by atoms with Crippen LogP contribution < -0.4 is 4.90 Å². The largest absolute Gasteiger partial charge is 0.481 e. The Hall–Kier alpha value is -1.56.